The molecule has 1 aromatic carbocycles. The van der Waals surface area contributed by atoms with Crippen LogP contribution in [-0.2, 0) is 4.79 Å². The number of carbonyl (C=O) groups is 1. The molecule has 1 amide bonds. The van der Waals surface area contributed by atoms with Gasteiger partial charge in [0.15, 0.2) is 5.11 Å². The molecule has 3 aliphatic rings. The number of anilines is 2. The topological polar surface area (TPSA) is 75.9 Å². The maximum absolute atomic E-state index is 13.6. The summed E-state index contributed by atoms with van der Waals surface area (Å²) in [4.78, 5) is 24.8. The molecule has 1 aliphatic carbocycles. The average molecular weight is 559 g/mol. The van der Waals surface area contributed by atoms with Crippen LogP contribution >= 0.6 is 12.2 Å². The number of piperazine rings is 1. The molecule has 3 heterocycles. The minimum atomic E-state index is -4.17. The molecular weight excluding hydrogens is 529 g/mol. The Bertz CT molecular complexity index is 1280. The number of amides is 1. The summed E-state index contributed by atoms with van der Waals surface area (Å²) in [5.41, 5.74) is 1.61. The first-order valence-corrected chi connectivity index (χ1v) is 13.3. The van der Waals surface area contributed by atoms with Crippen LogP contribution in [0, 0.1) is 18.3 Å². The average Bonchev–Trinajstić information content (AvgIpc) is 3.11. The lowest BCUT2D eigenvalue weighted by Gasteiger charge is -2.43. The van der Waals surface area contributed by atoms with Crippen LogP contribution in [0.25, 0.3) is 0 Å². The van der Waals surface area contributed by atoms with E-state index in [4.69, 9.17) is 17.0 Å². The van der Waals surface area contributed by atoms with Gasteiger partial charge >= 0.3 is 6.18 Å². The minimum Gasteiger partial charge on any atom is -0.492 e. The Hall–Kier alpha value is -3.27. The molecule has 2 saturated heterocycles. The molecule has 8 nitrogen and oxygen atoms in total. The van der Waals surface area contributed by atoms with Gasteiger partial charge in [-0.05, 0) is 74.3 Å². The molecule has 0 atom stereocenters. The molecule has 1 saturated carbocycles. The highest BCUT2D eigenvalue weighted by atomic mass is 32.1. The van der Waals surface area contributed by atoms with Crippen LogP contribution in [-0.4, -0.2) is 83.4 Å². The lowest BCUT2D eigenvalue weighted by Crippen LogP contribution is -2.55. The summed E-state index contributed by atoms with van der Waals surface area (Å²) < 4.78 is 43.6. The molecule has 0 radical (unpaired) electrons. The predicted molar refractivity (Wildman–Crippen MR) is 144 cm³/mol. The minimum absolute atomic E-state index is 0.0830. The number of hydrogen-bond acceptors (Lipinski definition) is 7. The fourth-order valence-electron chi connectivity index (χ4n) is 5.42. The third kappa shape index (κ3) is 5.44. The maximum Gasteiger partial charge on any atom is 0.401 e. The van der Waals surface area contributed by atoms with Crippen LogP contribution in [0.4, 0.5) is 24.5 Å². The summed E-state index contributed by atoms with van der Waals surface area (Å²) in [6.45, 7) is 3.89. The molecule has 39 heavy (non-hydrogen) atoms. The van der Waals surface area contributed by atoms with E-state index in [-0.39, 0.29) is 5.91 Å². The molecule has 0 bridgehead atoms. The quantitative estimate of drug-likeness (QED) is 0.474. The van der Waals surface area contributed by atoms with Crippen molar-refractivity contribution in [3.8, 4) is 11.8 Å². The molecule has 1 aromatic heterocycles. The number of nitriles is 1. The number of aromatic nitrogens is 1. The fraction of sp³-hybridized carbons (Fsp3) is 0.481. The van der Waals surface area contributed by atoms with Crippen molar-refractivity contribution in [3.05, 3.63) is 47.8 Å². The van der Waals surface area contributed by atoms with E-state index in [1.165, 1.54) is 16.0 Å². The van der Waals surface area contributed by atoms with Crippen LogP contribution < -0.4 is 14.5 Å². The van der Waals surface area contributed by atoms with Crippen LogP contribution in [0.3, 0.4) is 0 Å². The highest BCUT2D eigenvalue weighted by Gasteiger charge is 2.59. The van der Waals surface area contributed by atoms with Crippen molar-refractivity contribution >= 4 is 34.6 Å². The molecule has 2 aliphatic heterocycles. The Kier molecular flexibility index (Phi) is 7.50. The molecule has 1 spiro atoms. The first-order chi connectivity index (χ1) is 18.6. The first-order valence-electron chi connectivity index (χ1n) is 12.9. The van der Waals surface area contributed by atoms with E-state index in [1.807, 2.05) is 35.2 Å². The number of rotatable bonds is 7. The van der Waals surface area contributed by atoms with E-state index < -0.39 is 18.3 Å². The van der Waals surface area contributed by atoms with E-state index in [0.29, 0.717) is 80.0 Å². The largest absolute Gasteiger partial charge is 0.492 e. The van der Waals surface area contributed by atoms with Crippen molar-refractivity contribution in [2.24, 2.45) is 0 Å². The molecule has 3 fully saturated rings. The van der Waals surface area contributed by atoms with Gasteiger partial charge in [-0.1, -0.05) is 0 Å². The van der Waals surface area contributed by atoms with E-state index >= 15 is 0 Å². The molecule has 206 valence electrons. The van der Waals surface area contributed by atoms with Crippen LogP contribution in [0.2, 0.25) is 0 Å². The molecule has 5 rings (SSSR count). The number of hydrogen-bond donors (Lipinski definition) is 0. The lowest BCUT2D eigenvalue weighted by atomic mass is 9.75. The second-order valence-corrected chi connectivity index (χ2v) is 10.6. The molecule has 2 aromatic rings. The number of thiocarbonyl (C=S) groups is 1. The summed E-state index contributed by atoms with van der Waals surface area (Å²) in [7, 11) is 0. The number of alkyl halides is 3. The number of pyridine rings is 1. The monoisotopic (exact) mass is 558 g/mol. The van der Waals surface area contributed by atoms with Crippen molar-refractivity contribution in [1.82, 2.24) is 14.8 Å². The smallest absolute Gasteiger partial charge is 0.401 e. The molecular formula is C27H29F3N6O2S. The maximum atomic E-state index is 13.6. The first kappa shape index (κ1) is 27.3. The number of halogens is 3. The molecule has 12 heteroatoms. The van der Waals surface area contributed by atoms with E-state index in [9.17, 15) is 23.2 Å². The second kappa shape index (κ2) is 10.7. The zero-order valence-electron chi connectivity index (χ0n) is 21.6. The summed E-state index contributed by atoms with van der Waals surface area (Å²) in [6.07, 6.45) is -0.340. The highest BCUT2D eigenvalue weighted by molar-refractivity contribution is 7.81. The van der Waals surface area contributed by atoms with Gasteiger partial charge in [0.2, 0.25) is 0 Å². The number of ether oxygens (including phenoxy) is 1. The van der Waals surface area contributed by atoms with Gasteiger partial charge < -0.3 is 9.64 Å². The van der Waals surface area contributed by atoms with Crippen molar-refractivity contribution < 1.29 is 22.7 Å². The van der Waals surface area contributed by atoms with Gasteiger partial charge in [0.05, 0.1) is 18.4 Å². The van der Waals surface area contributed by atoms with Gasteiger partial charge in [0.25, 0.3) is 5.91 Å². The summed E-state index contributed by atoms with van der Waals surface area (Å²) in [5.74, 6) is 0.581. The Morgan fingerprint density at radius 3 is 2.33 bits per heavy atom. The summed E-state index contributed by atoms with van der Waals surface area (Å²) in [6, 6.07) is 11.3. The van der Waals surface area contributed by atoms with E-state index in [0.717, 1.165) is 12.1 Å². The standard InChI is InChI=1S/C27H29F3N6O2S/c1-19-15-21(17-32-23(19)16-31)35-24(37)26(7-2-8-26)36(25(35)39)20-3-5-22(6-4-20)38-14-13-33-9-11-34(12-10-33)18-27(28,29)30/h3-6,15,17H,2,7-14,18H2,1H3. The molecule has 0 N–H and O–H groups in total. The fourth-order valence-corrected chi connectivity index (χ4v) is 5.88. The van der Waals surface area contributed by atoms with E-state index in [1.54, 1.807) is 13.0 Å². The zero-order chi connectivity index (χ0) is 27.8. The van der Waals surface area contributed by atoms with Gasteiger partial charge in [-0.25, -0.2) is 4.98 Å². The predicted octanol–water partition coefficient (Wildman–Crippen LogP) is 3.88. The van der Waals surface area contributed by atoms with Gasteiger partial charge in [0, 0.05) is 38.4 Å². The van der Waals surface area contributed by atoms with Crippen molar-refractivity contribution in [3.63, 3.8) is 0 Å². The Morgan fingerprint density at radius 1 is 1.10 bits per heavy atom. The number of benzene rings is 1. The molecule has 0 unspecified atom stereocenters. The lowest BCUT2D eigenvalue weighted by molar-refractivity contribution is -0.149. The highest BCUT2D eigenvalue weighted by Crippen LogP contribution is 2.48. The van der Waals surface area contributed by atoms with Gasteiger partial charge in [-0.15, -0.1) is 0 Å². The van der Waals surface area contributed by atoms with Crippen LogP contribution in [0.5, 0.6) is 5.75 Å². The van der Waals surface area contributed by atoms with Crippen molar-refractivity contribution in [1.29, 1.82) is 5.26 Å². The number of nitrogens with zero attached hydrogens (tertiary/aromatic N) is 6. The van der Waals surface area contributed by atoms with Crippen molar-refractivity contribution in [2.75, 3.05) is 55.7 Å². The number of carbonyl (C=O) groups excluding carboxylic acids is 1. The third-order valence-electron chi connectivity index (χ3n) is 7.66. The SMILES string of the molecule is Cc1cc(N2C(=O)C3(CCC3)N(c3ccc(OCCN4CCN(CC(F)(F)F)CC4)cc3)C2=S)cnc1C#N. The summed E-state index contributed by atoms with van der Waals surface area (Å²) in [5, 5.41) is 9.59. The normalized spacial score (nSPS) is 19.9. The Balaban J connectivity index is 1.21. The Morgan fingerprint density at radius 2 is 1.77 bits per heavy atom. The van der Waals surface area contributed by atoms with E-state index in [2.05, 4.69) is 9.88 Å². The van der Waals surface area contributed by atoms with Crippen molar-refractivity contribution in [2.45, 2.75) is 37.9 Å². The second-order valence-electron chi connectivity index (χ2n) is 10.2. The van der Waals surface area contributed by atoms with Gasteiger partial charge in [-0.2, -0.15) is 18.4 Å². The third-order valence-corrected chi connectivity index (χ3v) is 8.02. The Labute approximate surface area is 230 Å². The van der Waals surface area contributed by atoms with Gasteiger partial charge in [0.1, 0.15) is 29.7 Å². The van der Waals surface area contributed by atoms with Crippen LogP contribution in [0.15, 0.2) is 36.5 Å². The number of aryl methyl sites for hydroxylation is 1. The zero-order valence-corrected chi connectivity index (χ0v) is 22.4. The van der Waals surface area contributed by atoms with Crippen LogP contribution in [0.1, 0.15) is 30.5 Å². The summed E-state index contributed by atoms with van der Waals surface area (Å²) >= 11 is 5.80. The van der Waals surface area contributed by atoms with Gasteiger partial charge in [-0.3, -0.25) is 19.5 Å².